The lowest BCUT2D eigenvalue weighted by molar-refractivity contribution is -0.171. The molecule has 0 saturated carbocycles. The van der Waals surface area contributed by atoms with Crippen molar-refractivity contribution in [1.29, 1.82) is 0 Å². The monoisotopic (exact) mass is 2050 g/mol. The molecule has 21 atom stereocenters. The third-order valence-corrected chi connectivity index (χ3v) is 25.8. The zero-order valence-corrected chi connectivity index (χ0v) is 85.9. The molecule has 0 radical (unpaired) electrons. The average molecular weight is 2050 g/mol. The first-order chi connectivity index (χ1) is 69.0. The number of thiocarbonyl (C=S) groups is 1. The number of rotatable bonds is 29. The number of aldehydes is 1. The van der Waals surface area contributed by atoms with Crippen molar-refractivity contribution < 1.29 is 147 Å². The molecule has 0 aromatic heterocycles. The van der Waals surface area contributed by atoms with Crippen LogP contribution in [0, 0.1) is 64.6 Å². The van der Waals surface area contributed by atoms with Gasteiger partial charge in [0.25, 0.3) is 5.91 Å². The number of aliphatic hydroxyl groups is 3. The summed E-state index contributed by atoms with van der Waals surface area (Å²) in [4.78, 5) is 53.4. The van der Waals surface area contributed by atoms with Crippen molar-refractivity contribution in [2.45, 2.75) is 184 Å². The molecule has 34 nitrogen and oxygen atoms in total. The number of nitrogens with zero attached hydrogens (tertiary/aromatic N) is 2. The summed E-state index contributed by atoms with van der Waals surface area (Å²) < 4.78 is 147. The summed E-state index contributed by atoms with van der Waals surface area (Å²) in [5.74, 6) is -1.58. The third kappa shape index (κ3) is 32.4. The number of methoxy groups -OCH3 is 6. The van der Waals surface area contributed by atoms with Crippen molar-refractivity contribution in [3.63, 3.8) is 0 Å². The predicted molar refractivity (Wildman–Crippen MR) is 531 cm³/mol. The first-order valence-electron chi connectivity index (χ1n) is 47.2. The van der Waals surface area contributed by atoms with Crippen LogP contribution in [0.5, 0.6) is 0 Å². The molecule has 5 unspecified atom stereocenters. The van der Waals surface area contributed by atoms with Gasteiger partial charge in [-0.1, -0.05) is 138 Å². The number of nitrogens with one attached hydrogen (secondary N) is 5. The number of Topliss-reactive ketones (excluding diaryl/α,β-unsaturated/α-hetero) is 1. The van der Waals surface area contributed by atoms with E-state index in [2.05, 4.69) is 76.1 Å². The highest BCUT2D eigenvalue weighted by molar-refractivity contribution is 7.80. The second-order valence-electron chi connectivity index (χ2n) is 34.7. The van der Waals surface area contributed by atoms with Gasteiger partial charge in [-0.15, -0.1) is 19.7 Å². The van der Waals surface area contributed by atoms with E-state index in [1.165, 1.54) is 71.9 Å². The molecule has 10 aliphatic heterocycles. The SMILES string of the molecule is C=CCOC(C)/C=N/O.C=CCOC(C)C(OC)OC.C=CCOC(C)C=O.CC1OC[C@H]2CON=C12.COC(OC)C(C)=O.COC(OC)C(C)O.C[C@@H]1OC[C@@H](CO)[C@]1(N)c1ccccc1F.C[C@@H]1OC[C@@H](CO)[C@]1(NC(=S)NC(=O)c1ccccc1)c1ccccc1F.C[C@@H]1OC[C@H]2CON[C@]21c1ccccc1F.C[C@@H]1OC[C@H]2CON[C@]21c1ccccc1F.C[C@H]1OC[C@H]2CON[C@]21c1ccccc1F. The van der Waals surface area contributed by atoms with Crippen LogP contribution in [0.3, 0.4) is 0 Å². The summed E-state index contributed by atoms with van der Waals surface area (Å²) >= 11 is 5.33. The molecular formula is C104H147F5N8O26S. The third-order valence-electron chi connectivity index (χ3n) is 25.6. The van der Waals surface area contributed by atoms with Gasteiger partial charge >= 0.3 is 0 Å². The lowest BCUT2D eigenvalue weighted by atomic mass is 9.76. The number of amides is 1. The van der Waals surface area contributed by atoms with Crippen molar-refractivity contribution in [1.82, 2.24) is 27.1 Å². The fourth-order valence-corrected chi connectivity index (χ4v) is 17.9. The van der Waals surface area contributed by atoms with Gasteiger partial charge in [0.2, 0.25) is 6.29 Å². The maximum atomic E-state index is 14.6. The molecule has 1 amide bonds. The number of carbonyl (C=O) groups is 3. The Hall–Kier alpha value is -9.17. The molecule has 10 aliphatic rings. The summed E-state index contributed by atoms with van der Waals surface area (Å²) in [5.41, 5.74) is 15.8. The Morgan fingerprint density at radius 1 is 0.507 bits per heavy atom. The smallest absolute Gasteiger partial charge is 0.257 e. The minimum atomic E-state index is -1.10. The highest BCUT2D eigenvalue weighted by atomic mass is 32.1. The van der Waals surface area contributed by atoms with Crippen LogP contribution in [-0.4, -0.2) is 277 Å². The van der Waals surface area contributed by atoms with Gasteiger partial charge in [0, 0.05) is 106 Å². The number of hydrogen-bond donors (Lipinski definition) is 10. The van der Waals surface area contributed by atoms with Crippen molar-refractivity contribution in [3.05, 3.63) is 252 Å². The van der Waals surface area contributed by atoms with Crippen LogP contribution in [-0.2, 0) is 128 Å². The fourth-order valence-electron chi connectivity index (χ4n) is 17.7. The second-order valence-corrected chi connectivity index (χ2v) is 35.2. The van der Waals surface area contributed by atoms with E-state index in [1.807, 2.05) is 65.8 Å². The number of nitrogens with two attached hydrogens (primary N) is 1. The Kier molecular flexibility index (Phi) is 53.9. The first-order valence-corrected chi connectivity index (χ1v) is 47.6. The molecule has 800 valence electrons. The van der Waals surface area contributed by atoms with E-state index in [1.54, 1.807) is 157 Å². The van der Waals surface area contributed by atoms with Gasteiger partial charge in [0.05, 0.1) is 159 Å². The van der Waals surface area contributed by atoms with Gasteiger partial charge in [-0.25, -0.2) is 22.0 Å². The summed E-state index contributed by atoms with van der Waals surface area (Å²) in [6.45, 7) is 37.1. The Balaban J connectivity index is 0.000000248. The van der Waals surface area contributed by atoms with E-state index < -0.39 is 64.2 Å². The average Bonchev–Trinajstić information content (AvgIpc) is 1.59. The van der Waals surface area contributed by atoms with Gasteiger partial charge in [0.1, 0.15) is 82.4 Å². The minimum absolute atomic E-state index is 0.0444. The van der Waals surface area contributed by atoms with E-state index >= 15 is 0 Å². The van der Waals surface area contributed by atoms with Crippen molar-refractivity contribution >= 4 is 47.2 Å². The molecule has 16 rings (SSSR count). The number of hydrogen-bond acceptors (Lipinski definition) is 33. The number of ether oxygens (including phenoxy) is 15. The van der Waals surface area contributed by atoms with Crippen LogP contribution < -0.4 is 32.8 Å². The Morgan fingerprint density at radius 2 is 0.889 bits per heavy atom. The number of aliphatic hydroxyl groups excluding tert-OH is 3. The van der Waals surface area contributed by atoms with Gasteiger partial charge in [-0.2, -0.15) is 16.4 Å². The molecule has 11 N–H and O–H groups in total. The molecule has 0 aliphatic carbocycles. The topological polar surface area (TPSA) is 418 Å². The number of oxime groups is 2. The summed E-state index contributed by atoms with van der Waals surface area (Å²) in [7, 11) is 9.00. The van der Waals surface area contributed by atoms with Crippen LogP contribution >= 0.6 is 12.2 Å². The highest BCUT2D eigenvalue weighted by Gasteiger charge is 2.59. The number of carbonyl (C=O) groups excluding carboxylic acids is 3. The molecule has 10 heterocycles. The Labute approximate surface area is 846 Å². The lowest BCUT2D eigenvalue weighted by Crippen LogP contribution is -2.58. The fraction of sp³-hybridized carbons (Fsp3) is 0.538. The number of ketones is 1. The van der Waals surface area contributed by atoms with Gasteiger partial charge in [-0.3, -0.25) is 14.9 Å². The molecule has 9 fully saturated rings. The van der Waals surface area contributed by atoms with E-state index in [9.17, 15) is 46.5 Å². The van der Waals surface area contributed by atoms with E-state index in [0.29, 0.717) is 105 Å². The summed E-state index contributed by atoms with van der Waals surface area (Å²) in [5, 5.41) is 48.3. The summed E-state index contributed by atoms with van der Waals surface area (Å²) in [6, 6.07) is 41.8. The molecule has 9 saturated heterocycles. The first kappa shape index (κ1) is 124. The minimum Gasteiger partial charge on any atom is -0.411 e. The molecule has 0 bridgehead atoms. The molecule has 6 aromatic carbocycles. The predicted octanol–water partition coefficient (Wildman–Crippen LogP) is 11.7. The Morgan fingerprint density at radius 3 is 1.25 bits per heavy atom. The normalized spacial score (nSPS) is 27.4. The highest BCUT2D eigenvalue weighted by Crippen LogP contribution is 2.49. The largest absolute Gasteiger partial charge is 0.411 e. The molecule has 144 heavy (non-hydrogen) atoms. The van der Waals surface area contributed by atoms with E-state index in [-0.39, 0.29) is 139 Å². The standard InChI is InChI=1S/C20H21FN2O3S.3C12H14FNO2.C12H16FNO2.C8H16O3.C6H9NO2.C6H11NO2.C6H10O2.C5H12O3.C5H10O3/c1-13-20(15(11-24)12-26-13,16-9-5-6-10-17(16)21)23-19(27)22-18(25)14-7-3-2-4-8-14;3*1-8-12(9(6-15-8)7-16-14-12)10-4-2-3-5-11(10)13;1-8-12(14,9(6-15)7-16-8)10-4-2-3-5-11(10)13;1-5-6-11-7(2)8(9-3)10-4;1-4-6-5(2-8-4)3-9-7-6;1-3-4-9-6(2)5-7-8;1-3-4-8-6(2)5-7;2*1-4(6)5(7-2)8-3/h2-10,13,15,24H,11-12H2,1H3,(H2,22,23,25,27);3*2-5,8-9,14H,6-7H2,1H3;2-5,8-9,15H,6-7,14H2,1H3;5,7-8H,1,6H2,2-4H3;4-5H,2-3H2,1H3;3,5-6,8H,1,4H2,2H3;3,5-6H,1,4H2,2H3;4-6H,1-3H3;5H,1-3H3/b;;;;;;;7-5+;;;/t13-,15+,20-;8-,9+,12+;2*8-,9-,12-;8-,9+,12-;;4?,5-;;;;/m01000.0..../s1. The number of halogens is 5. The maximum Gasteiger partial charge on any atom is 0.257 e. The number of hydroxylamine groups is 3. The summed E-state index contributed by atoms with van der Waals surface area (Å²) in [6.07, 6.45) is 3.62. The van der Waals surface area contributed by atoms with Crippen LogP contribution in [0.25, 0.3) is 0 Å². The lowest BCUT2D eigenvalue weighted by Gasteiger charge is -2.39. The quantitative estimate of drug-likeness (QED) is 0.00305. The van der Waals surface area contributed by atoms with Crippen molar-refractivity contribution in [3.8, 4) is 0 Å². The van der Waals surface area contributed by atoms with Crippen LogP contribution in [0.2, 0.25) is 0 Å². The van der Waals surface area contributed by atoms with Gasteiger partial charge < -0.3 is 127 Å². The number of benzene rings is 6. The van der Waals surface area contributed by atoms with Gasteiger partial charge in [0.15, 0.2) is 23.5 Å². The Bertz CT molecular complexity index is 4710. The van der Waals surface area contributed by atoms with E-state index in [0.717, 1.165) is 25.2 Å². The van der Waals surface area contributed by atoms with Crippen LogP contribution in [0.4, 0.5) is 22.0 Å². The van der Waals surface area contributed by atoms with Crippen LogP contribution in [0.15, 0.2) is 200 Å². The van der Waals surface area contributed by atoms with Crippen molar-refractivity contribution in [2.75, 3.05) is 142 Å². The van der Waals surface area contributed by atoms with E-state index in [4.69, 9.17) is 99.7 Å². The molecule has 6 aromatic rings. The van der Waals surface area contributed by atoms with Crippen molar-refractivity contribution in [2.24, 2.45) is 51.6 Å². The zero-order valence-electron chi connectivity index (χ0n) is 85.1. The molecule has 40 heteroatoms. The van der Waals surface area contributed by atoms with Crippen LogP contribution in [0.1, 0.15) is 114 Å². The van der Waals surface area contributed by atoms with Gasteiger partial charge in [-0.05, 0) is 131 Å². The molecule has 0 spiro atoms. The number of fused-ring (bicyclic) bond motifs is 4. The second kappa shape index (κ2) is 62.8. The zero-order chi connectivity index (χ0) is 106. The molecular weight excluding hydrogens is 1900 g/mol. The maximum absolute atomic E-state index is 14.6.